The van der Waals surface area contributed by atoms with Crippen molar-refractivity contribution in [1.82, 2.24) is 0 Å². The molecule has 0 amide bonds. The standard InChI is InChI=1S/C18H16O2S/c1-13(19)10-14-6-8-16(9-7-14)20-11-15-12-21-18-5-3-2-4-17(15)18/h2-9,12H,10-11H2,1H3. The Morgan fingerprint density at radius 3 is 2.62 bits per heavy atom. The summed E-state index contributed by atoms with van der Waals surface area (Å²) in [6.45, 7) is 2.17. The van der Waals surface area contributed by atoms with Gasteiger partial charge in [-0.25, -0.2) is 0 Å². The van der Waals surface area contributed by atoms with Gasteiger partial charge in [0.25, 0.3) is 0 Å². The Balaban J connectivity index is 1.68. The number of ketones is 1. The quantitative estimate of drug-likeness (QED) is 0.687. The SMILES string of the molecule is CC(=O)Cc1ccc(OCc2csc3ccccc23)cc1. The van der Waals surface area contributed by atoms with Crippen molar-refractivity contribution in [2.24, 2.45) is 0 Å². The van der Waals surface area contributed by atoms with Crippen LogP contribution < -0.4 is 4.74 Å². The summed E-state index contributed by atoms with van der Waals surface area (Å²) in [5.41, 5.74) is 2.24. The summed E-state index contributed by atoms with van der Waals surface area (Å²) in [6, 6.07) is 16.1. The highest BCUT2D eigenvalue weighted by Gasteiger charge is 2.04. The average Bonchev–Trinajstić information content (AvgIpc) is 2.89. The van der Waals surface area contributed by atoms with E-state index in [1.165, 1.54) is 15.6 Å². The first-order chi connectivity index (χ1) is 10.2. The van der Waals surface area contributed by atoms with E-state index in [-0.39, 0.29) is 5.78 Å². The number of ether oxygens (including phenoxy) is 1. The number of Topliss-reactive ketones (excluding diaryl/α,β-unsaturated/α-hetero) is 1. The van der Waals surface area contributed by atoms with Gasteiger partial charge >= 0.3 is 0 Å². The van der Waals surface area contributed by atoms with E-state index >= 15 is 0 Å². The summed E-state index contributed by atoms with van der Waals surface area (Å²) in [7, 11) is 0. The lowest BCUT2D eigenvalue weighted by Gasteiger charge is -2.06. The summed E-state index contributed by atoms with van der Waals surface area (Å²) in [4.78, 5) is 11.1. The first kappa shape index (κ1) is 13.8. The number of fused-ring (bicyclic) bond motifs is 1. The molecule has 1 aromatic heterocycles. The van der Waals surface area contributed by atoms with Crippen LogP contribution in [0.25, 0.3) is 10.1 Å². The average molecular weight is 296 g/mol. The zero-order valence-corrected chi connectivity index (χ0v) is 12.7. The summed E-state index contributed by atoms with van der Waals surface area (Å²) in [5.74, 6) is 1.01. The Labute approximate surface area is 128 Å². The summed E-state index contributed by atoms with van der Waals surface area (Å²) >= 11 is 1.74. The minimum absolute atomic E-state index is 0.174. The van der Waals surface area contributed by atoms with Gasteiger partial charge in [0.2, 0.25) is 0 Å². The number of rotatable bonds is 5. The Morgan fingerprint density at radius 1 is 1.10 bits per heavy atom. The molecule has 0 saturated carbocycles. The predicted molar refractivity (Wildman–Crippen MR) is 87.0 cm³/mol. The third kappa shape index (κ3) is 3.31. The zero-order valence-electron chi connectivity index (χ0n) is 11.8. The van der Waals surface area contributed by atoms with Crippen molar-refractivity contribution in [2.75, 3.05) is 0 Å². The van der Waals surface area contributed by atoms with Crippen molar-refractivity contribution in [3.63, 3.8) is 0 Å². The lowest BCUT2D eigenvalue weighted by Crippen LogP contribution is -1.97. The maximum atomic E-state index is 11.1. The van der Waals surface area contributed by atoms with Crippen LogP contribution in [0.2, 0.25) is 0 Å². The van der Waals surface area contributed by atoms with Gasteiger partial charge in [-0.15, -0.1) is 11.3 Å². The molecule has 0 fully saturated rings. The molecule has 106 valence electrons. The van der Waals surface area contributed by atoms with E-state index in [2.05, 4.69) is 29.6 Å². The highest BCUT2D eigenvalue weighted by atomic mass is 32.1. The first-order valence-electron chi connectivity index (χ1n) is 6.88. The lowest BCUT2D eigenvalue weighted by atomic mass is 10.1. The van der Waals surface area contributed by atoms with Gasteiger partial charge in [-0.1, -0.05) is 30.3 Å². The zero-order chi connectivity index (χ0) is 14.7. The van der Waals surface area contributed by atoms with Crippen LogP contribution in [0.1, 0.15) is 18.1 Å². The molecular weight excluding hydrogens is 280 g/mol. The topological polar surface area (TPSA) is 26.3 Å². The molecule has 0 bridgehead atoms. The van der Waals surface area contributed by atoms with Gasteiger partial charge in [0, 0.05) is 16.7 Å². The number of carbonyl (C=O) groups excluding carboxylic acids is 1. The highest BCUT2D eigenvalue weighted by Crippen LogP contribution is 2.26. The molecule has 0 spiro atoms. The molecule has 2 nitrogen and oxygen atoms in total. The maximum Gasteiger partial charge on any atom is 0.134 e. The minimum Gasteiger partial charge on any atom is -0.489 e. The third-order valence-corrected chi connectivity index (χ3v) is 4.34. The maximum absolute atomic E-state index is 11.1. The minimum atomic E-state index is 0.174. The van der Waals surface area contributed by atoms with E-state index in [9.17, 15) is 4.79 Å². The highest BCUT2D eigenvalue weighted by molar-refractivity contribution is 7.17. The normalized spacial score (nSPS) is 10.7. The van der Waals surface area contributed by atoms with Crippen LogP contribution >= 0.6 is 11.3 Å². The lowest BCUT2D eigenvalue weighted by molar-refractivity contribution is -0.116. The van der Waals surface area contributed by atoms with Crippen molar-refractivity contribution < 1.29 is 9.53 Å². The third-order valence-electron chi connectivity index (χ3n) is 3.33. The molecule has 1 heterocycles. The van der Waals surface area contributed by atoms with Crippen LogP contribution in [0.5, 0.6) is 5.75 Å². The van der Waals surface area contributed by atoms with E-state index in [4.69, 9.17) is 4.74 Å². The number of benzene rings is 2. The molecule has 0 aliphatic carbocycles. The Hall–Kier alpha value is -2.13. The second kappa shape index (κ2) is 6.10. The number of hydrogen-bond acceptors (Lipinski definition) is 3. The molecule has 21 heavy (non-hydrogen) atoms. The van der Waals surface area contributed by atoms with Crippen molar-refractivity contribution in [3.8, 4) is 5.75 Å². The molecule has 0 saturated heterocycles. The van der Waals surface area contributed by atoms with Crippen molar-refractivity contribution in [1.29, 1.82) is 0 Å². The fraction of sp³-hybridized carbons (Fsp3) is 0.167. The monoisotopic (exact) mass is 296 g/mol. The fourth-order valence-corrected chi connectivity index (χ4v) is 3.24. The van der Waals surface area contributed by atoms with Crippen LogP contribution in [0, 0.1) is 0 Å². The Bertz CT molecular complexity index is 756. The van der Waals surface area contributed by atoms with Crippen LogP contribution in [0.3, 0.4) is 0 Å². The van der Waals surface area contributed by atoms with Gasteiger partial charge in [0.1, 0.15) is 18.1 Å². The molecule has 3 aromatic rings. The number of thiophene rings is 1. The first-order valence-corrected chi connectivity index (χ1v) is 7.76. The molecule has 0 N–H and O–H groups in total. The second-order valence-corrected chi connectivity index (χ2v) is 5.98. The van der Waals surface area contributed by atoms with E-state index in [1.807, 2.05) is 24.3 Å². The molecule has 0 aliphatic heterocycles. The van der Waals surface area contributed by atoms with Crippen LogP contribution in [0.15, 0.2) is 53.9 Å². The molecular formula is C18H16O2S. The molecule has 0 aliphatic rings. The van der Waals surface area contributed by atoms with Gasteiger partial charge in [-0.2, -0.15) is 0 Å². The van der Waals surface area contributed by atoms with Crippen LogP contribution in [0.4, 0.5) is 0 Å². The summed E-state index contributed by atoms with van der Waals surface area (Å²) < 4.78 is 7.13. The van der Waals surface area contributed by atoms with E-state index < -0.39 is 0 Å². The van der Waals surface area contributed by atoms with Crippen molar-refractivity contribution >= 4 is 27.2 Å². The predicted octanol–water partition coefficient (Wildman–Crippen LogP) is 4.61. The second-order valence-electron chi connectivity index (χ2n) is 5.07. The summed E-state index contributed by atoms with van der Waals surface area (Å²) in [5, 5.41) is 3.41. The molecule has 0 radical (unpaired) electrons. The summed E-state index contributed by atoms with van der Waals surface area (Å²) in [6.07, 6.45) is 0.482. The Kier molecular flexibility index (Phi) is 4.02. The van der Waals surface area contributed by atoms with Crippen molar-refractivity contribution in [2.45, 2.75) is 20.0 Å². The van der Waals surface area contributed by atoms with E-state index in [0.717, 1.165) is 11.3 Å². The molecule has 3 rings (SSSR count). The molecule has 0 atom stereocenters. The van der Waals surface area contributed by atoms with Gasteiger partial charge in [-0.05, 0) is 41.5 Å². The number of carbonyl (C=O) groups is 1. The van der Waals surface area contributed by atoms with Gasteiger partial charge in [0.15, 0.2) is 0 Å². The van der Waals surface area contributed by atoms with E-state index in [0.29, 0.717) is 13.0 Å². The number of hydrogen-bond donors (Lipinski definition) is 0. The largest absolute Gasteiger partial charge is 0.489 e. The smallest absolute Gasteiger partial charge is 0.134 e. The van der Waals surface area contributed by atoms with E-state index in [1.54, 1.807) is 18.3 Å². The van der Waals surface area contributed by atoms with Gasteiger partial charge < -0.3 is 4.74 Å². The van der Waals surface area contributed by atoms with Gasteiger partial charge in [-0.3, -0.25) is 4.79 Å². The van der Waals surface area contributed by atoms with Gasteiger partial charge in [0.05, 0.1) is 0 Å². The molecule has 2 aromatic carbocycles. The molecule has 3 heteroatoms. The van der Waals surface area contributed by atoms with Crippen LogP contribution in [-0.4, -0.2) is 5.78 Å². The Morgan fingerprint density at radius 2 is 1.86 bits per heavy atom. The fourth-order valence-electron chi connectivity index (χ4n) is 2.30. The molecule has 0 unspecified atom stereocenters. The van der Waals surface area contributed by atoms with Crippen LogP contribution in [-0.2, 0) is 17.8 Å². The van der Waals surface area contributed by atoms with Crippen molar-refractivity contribution in [3.05, 3.63) is 65.0 Å².